The lowest BCUT2D eigenvalue weighted by molar-refractivity contribution is -0.116. The van der Waals surface area contributed by atoms with Crippen molar-refractivity contribution >= 4 is 49.2 Å². The first kappa shape index (κ1) is 17.1. The maximum absolute atomic E-state index is 14.2. The first-order chi connectivity index (χ1) is 11.5. The SMILES string of the molecule is O=C1CCc2cc(C(=O)COc3c(Br)cccc3Br)c(F)cc2N1. The molecule has 4 nitrogen and oxygen atoms in total. The molecule has 0 atom stereocenters. The highest BCUT2D eigenvalue weighted by Gasteiger charge is 2.21. The van der Waals surface area contributed by atoms with Gasteiger partial charge < -0.3 is 10.1 Å². The Bertz CT molecular complexity index is 819. The fourth-order valence-electron chi connectivity index (χ4n) is 2.45. The van der Waals surface area contributed by atoms with Crippen molar-refractivity contribution in [1.82, 2.24) is 0 Å². The zero-order valence-corrected chi connectivity index (χ0v) is 15.5. The quantitative estimate of drug-likeness (QED) is 0.689. The van der Waals surface area contributed by atoms with Crippen LogP contribution in [0.1, 0.15) is 22.3 Å². The fraction of sp³-hybridized carbons (Fsp3) is 0.176. The van der Waals surface area contributed by atoms with E-state index >= 15 is 0 Å². The molecular weight excluding hydrogens is 445 g/mol. The zero-order chi connectivity index (χ0) is 17.3. The van der Waals surface area contributed by atoms with Gasteiger partial charge in [-0.15, -0.1) is 0 Å². The van der Waals surface area contributed by atoms with Gasteiger partial charge in [0.1, 0.15) is 11.6 Å². The summed E-state index contributed by atoms with van der Waals surface area (Å²) in [6, 6.07) is 8.07. The average molecular weight is 457 g/mol. The number of para-hydroxylation sites is 1. The van der Waals surface area contributed by atoms with Crippen LogP contribution >= 0.6 is 31.9 Å². The van der Waals surface area contributed by atoms with Crippen LogP contribution in [0.2, 0.25) is 0 Å². The van der Waals surface area contributed by atoms with Crippen LogP contribution in [0.3, 0.4) is 0 Å². The highest BCUT2D eigenvalue weighted by molar-refractivity contribution is 9.11. The van der Waals surface area contributed by atoms with E-state index in [1.54, 1.807) is 12.1 Å². The lowest BCUT2D eigenvalue weighted by Gasteiger charge is -2.18. The number of rotatable bonds is 4. The van der Waals surface area contributed by atoms with Crippen LogP contribution in [-0.4, -0.2) is 18.3 Å². The molecule has 1 heterocycles. The highest BCUT2D eigenvalue weighted by Crippen LogP contribution is 2.33. The predicted molar refractivity (Wildman–Crippen MR) is 95.0 cm³/mol. The third-order valence-electron chi connectivity index (χ3n) is 3.66. The van der Waals surface area contributed by atoms with Crippen molar-refractivity contribution in [3.05, 3.63) is 56.2 Å². The number of fused-ring (bicyclic) bond motifs is 1. The minimum absolute atomic E-state index is 0.0342. The molecule has 7 heteroatoms. The number of anilines is 1. The van der Waals surface area contributed by atoms with E-state index in [1.807, 2.05) is 6.07 Å². The van der Waals surface area contributed by atoms with Crippen LogP contribution in [-0.2, 0) is 11.2 Å². The first-order valence-electron chi connectivity index (χ1n) is 7.18. The van der Waals surface area contributed by atoms with Gasteiger partial charge in [-0.2, -0.15) is 0 Å². The molecule has 0 radical (unpaired) electrons. The number of Topliss-reactive ketones (excluding diaryl/α,β-unsaturated/α-hetero) is 1. The first-order valence-corrected chi connectivity index (χ1v) is 8.76. The summed E-state index contributed by atoms with van der Waals surface area (Å²) in [7, 11) is 0. The summed E-state index contributed by atoms with van der Waals surface area (Å²) in [4.78, 5) is 23.7. The molecule has 0 aromatic heterocycles. The molecule has 0 saturated heterocycles. The number of amides is 1. The van der Waals surface area contributed by atoms with Crippen LogP contribution in [0.4, 0.5) is 10.1 Å². The lowest BCUT2D eigenvalue weighted by atomic mass is 9.98. The van der Waals surface area contributed by atoms with Gasteiger partial charge in [0.15, 0.2) is 6.61 Å². The van der Waals surface area contributed by atoms with Crippen LogP contribution in [0, 0.1) is 5.82 Å². The Morgan fingerprint density at radius 2 is 1.92 bits per heavy atom. The third-order valence-corrected chi connectivity index (χ3v) is 4.90. The second-order valence-corrected chi connectivity index (χ2v) is 7.01. The van der Waals surface area contributed by atoms with E-state index in [-0.39, 0.29) is 18.1 Å². The summed E-state index contributed by atoms with van der Waals surface area (Å²) in [6.07, 6.45) is 0.811. The number of aryl methyl sites for hydroxylation is 1. The van der Waals surface area contributed by atoms with E-state index in [4.69, 9.17) is 4.74 Å². The van der Waals surface area contributed by atoms with Crippen molar-refractivity contribution in [3.8, 4) is 5.75 Å². The fourth-order valence-corrected chi connectivity index (χ4v) is 3.68. The van der Waals surface area contributed by atoms with Gasteiger partial charge in [-0.25, -0.2) is 4.39 Å². The zero-order valence-electron chi connectivity index (χ0n) is 12.4. The summed E-state index contributed by atoms with van der Waals surface area (Å²) in [5.74, 6) is -0.801. The second-order valence-electron chi connectivity index (χ2n) is 5.30. The minimum atomic E-state index is -0.671. The molecule has 2 aromatic rings. The monoisotopic (exact) mass is 455 g/mol. The molecule has 1 amide bonds. The van der Waals surface area contributed by atoms with Gasteiger partial charge in [0.05, 0.1) is 14.5 Å². The molecule has 3 rings (SSSR count). The van der Waals surface area contributed by atoms with Crippen LogP contribution < -0.4 is 10.1 Å². The van der Waals surface area contributed by atoms with Crippen molar-refractivity contribution in [2.75, 3.05) is 11.9 Å². The molecule has 1 aliphatic heterocycles. The molecule has 124 valence electrons. The van der Waals surface area contributed by atoms with Gasteiger partial charge in [-0.05, 0) is 68.1 Å². The van der Waals surface area contributed by atoms with E-state index in [0.717, 1.165) is 5.56 Å². The normalized spacial score (nSPS) is 13.2. The summed E-state index contributed by atoms with van der Waals surface area (Å²) < 4.78 is 21.1. The van der Waals surface area contributed by atoms with Crippen LogP contribution in [0.15, 0.2) is 39.3 Å². The summed E-state index contributed by atoms with van der Waals surface area (Å²) in [6.45, 7) is -0.288. The van der Waals surface area contributed by atoms with Crippen LogP contribution in [0.25, 0.3) is 0 Å². The Morgan fingerprint density at radius 1 is 1.21 bits per heavy atom. The largest absolute Gasteiger partial charge is 0.483 e. The molecule has 1 N–H and O–H groups in total. The molecule has 0 spiro atoms. The number of ketones is 1. The molecule has 0 bridgehead atoms. The maximum Gasteiger partial charge on any atom is 0.224 e. The van der Waals surface area contributed by atoms with Gasteiger partial charge in [-0.3, -0.25) is 9.59 Å². The summed E-state index contributed by atoms with van der Waals surface area (Å²) in [5.41, 5.74) is 1.14. The second kappa shape index (κ2) is 7.03. The van der Waals surface area contributed by atoms with E-state index < -0.39 is 11.6 Å². The number of carbonyl (C=O) groups is 2. The van der Waals surface area contributed by atoms with Crippen molar-refractivity contribution in [2.45, 2.75) is 12.8 Å². The molecule has 1 aliphatic rings. The number of carbonyl (C=O) groups excluding carboxylic acids is 2. The smallest absolute Gasteiger partial charge is 0.224 e. The molecule has 0 aliphatic carbocycles. The molecule has 0 fully saturated rings. The van der Waals surface area contributed by atoms with Crippen molar-refractivity contribution in [1.29, 1.82) is 0 Å². The van der Waals surface area contributed by atoms with E-state index in [1.165, 1.54) is 12.1 Å². The number of ether oxygens (including phenoxy) is 1. The molecule has 2 aromatic carbocycles. The van der Waals surface area contributed by atoms with Gasteiger partial charge in [-0.1, -0.05) is 6.07 Å². The van der Waals surface area contributed by atoms with Gasteiger partial charge in [0.2, 0.25) is 11.7 Å². The predicted octanol–water partition coefficient (Wildman–Crippen LogP) is 4.50. The standard InChI is InChI=1S/C17H12Br2FNO3/c18-11-2-1-3-12(19)17(11)24-8-15(22)10-6-9-4-5-16(23)21-14(9)7-13(10)20/h1-3,6-7H,4-5,8H2,(H,21,23). The average Bonchev–Trinajstić information content (AvgIpc) is 2.53. The Hall–Kier alpha value is -1.73. The Morgan fingerprint density at radius 3 is 2.62 bits per heavy atom. The number of halogens is 3. The van der Waals surface area contributed by atoms with Gasteiger partial charge >= 0.3 is 0 Å². The minimum Gasteiger partial charge on any atom is -0.483 e. The van der Waals surface area contributed by atoms with Crippen molar-refractivity contribution in [3.63, 3.8) is 0 Å². The highest BCUT2D eigenvalue weighted by atomic mass is 79.9. The summed E-state index contributed by atoms with van der Waals surface area (Å²) >= 11 is 6.68. The summed E-state index contributed by atoms with van der Waals surface area (Å²) in [5, 5.41) is 2.61. The number of benzene rings is 2. The molecule has 24 heavy (non-hydrogen) atoms. The lowest BCUT2D eigenvalue weighted by Crippen LogP contribution is -2.21. The number of nitrogens with one attached hydrogen (secondary N) is 1. The van der Waals surface area contributed by atoms with E-state index in [2.05, 4.69) is 37.2 Å². The van der Waals surface area contributed by atoms with Crippen molar-refractivity contribution in [2.24, 2.45) is 0 Å². The molecule has 0 saturated carbocycles. The molecule has 0 unspecified atom stereocenters. The van der Waals surface area contributed by atoms with Crippen molar-refractivity contribution < 1.29 is 18.7 Å². The Labute approximate surface area is 154 Å². The maximum atomic E-state index is 14.2. The Balaban J connectivity index is 1.79. The number of hydrogen-bond acceptors (Lipinski definition) is 3. The third kappa shape index (κ3) is 3.52. The topological polar surface area (TPSA) is 55.4 Å². The van der Waals surface area contributed by atoms with Gasteiger partial charge in [0, 0.05) is 12.1 Å². The van der Waals surface area contributed by atoms with Crippen LogP contribution in [0.5, 0.6) is 5.75 Å². The van der Waals surface area contributed by atoms with E-state index in [9.17, 15) is 14.0 Å². The molecular formula is C17H12Br2FNO3. The van der Waals surface area contributed by atoms with E-state index in [0.29, 0.717) is 33.2 Å². The Kier molecular flexibility index (Phi) is 5.01. The number of hydrogen-bond donors (Lipinski definition) is 1. The van der Waals surface area contributed by atoms with Gasteiger partial charge in [0.25, 0.3) is 0 Å².